The van der Waals surface area contributed by atoms with Gasteiger partial charge in [-0.25, -0.2) is 4.79 Å². The maximum absolute atomic E-state index is 12.0. The molecule has 0 unspecified atom stereocenters. The van der Waals surface area contributed by atoms with Crippen molar-refractivity contribution in [3.05, 3.63) is 0 Å². The molecule has 2 aliphatic heterocycles. The lowest BCUT2D eigenvalue weighted by Gasteiger charge is -2.27. The number of nitrogens with one attached hydrogen (secondary N) is 1. The second kappa shape index (κ2) is 5.53. The van der Waals surface area contributed by atoms with Gasteiger partial charge in [0.25, 0.3) is 0 Å². The molecule has 4 nitrogen and oxygen atoms in total. The number of piperazine rings is 1. The van der Waals surface area contributed by atoms with Gasteiger partial charge in [-0.3, -0.25) is 4.90 Å². The van der Waals surface area contributed by atoms with Crippen molar-refractivity contribution >= 4 is 5.97 Å². The van der Waals surface area contributed by atoms with Gasteiger partial charge in [0.1, 0.15) is 0 Å². The third-order valence-electron chi connectivity index (χ3n) is 2.79. The van der Waals surface area contributed by atoms with E-state index in [0.717, 1.165) is 13.0 Å². The van der Waals surface area contributed by atoms with Crippen LogP contribution in [0.25, 0.3) is 0 Å². The Hall–Kier alpha value is -1.03. The van der Waals surface area contributed by atoms with Gasteiger partial charge in [0.2, 0.25) is 0 Å². The van der Waals surface area contributed by atoms with Crippen LogP contribution in [-0.2, 0) is 4.79 Å². The molecule has 0 radical (unpaired) electrons. The van der Waals surface area contributed by atoms with Gasteiger partial charge in [-0.05, 0) is 6.42 Å². The van der Waals surface area contributed by atoms with Crippen molar-refractivity contribution in [1.82, 2.24) is 10.2 Å². The molecule has 112 valence electrons. The first-order valence-electron chi connectivity index (χ1n) is 5.33. The summed E-state index contributed by atoms with van der Waals surface area (Å²) in [5, 5.41) is 10.3. The summed E-state index contributed by atoms with van der Waals surface area (Å²) < 4.78 is 67.6. The first-order chi connectivity index (χ1) is 8.49. The molecule has 2 fully saturated rings. The number of carbonyl (C=O) groups is 1. The highest BCUT2D eigenvalue weighted by Gasteiger charge is 2.42. The number of hydrogen-bond acceptors (Lipinski definition) is 3. The molecule has 0 aromatic rings. The summed E-state index contributed by atoms with van der Waals surface area (Å²) >= 11 is 0. The second-order valence-corrected chi connectivity index (χ2v) is 4.34. The zero-order chi connectivity index (χ0) is 14.8. The fourth-order valence-electron chi connectivity index (χ4n) is 2.07. The fourth-order valence-corrected chi connectivity index (χ4v) is 2.07. The molecular weight excluding hydrogens is 282 g/mol. The average Bonchev–Trinajstić information content (AvgIpc) is 2.75. The molecule has 0 amide bonds. The van der Waals surface area contributed by atoms with Crippen LogP contribution in [0.5, 0.6) is 0 Å². The second-order valence-electron chi connectivity index (χ2n) is 4.34. The van der Waals surface area contributed by atoms with Crippen LogP contribution in [0.3, 0.4) is 0 Å². The monoisotopic (exact) mass is 294 g/mol. The van der Waals surface area contributed by atoms with Crippen molar-refractivity contribution < 1.29 is 36.2 Å². The largest absolute Gasteiger partial charge is 0.490 e. The fraction of sp³-hybridized carbons (Fsp3) is 0.889. The van der Waals surface area contributed by atoms with Gasteiger partial charge >= 0.3 is 18.3 Å². The number of halogens is 6. The number of carboxylic acid groups (broad SMARTS) is 1. The molecule has 2 rings (SSSR count). The minimum atomic E-state index is -5.08. The van der Waals surface area contributed by atoms with Crippen LogP contribution >= 0.6 is 0 Å². The Balaban J connectivity index is 0.000000224. The highest BCUT2D eigenvalue weighted by Crippen LogP contribution is 2.27. The van der Waals surface area contributed by atoms with Crippen molar-refractivity contribution in [2.24, 2.45) is 0 Å². The van der Waals surface area contributed by atoms with E-state index in [9.17, 15) is 26.3 Å². The number of rotatable bonds is 1. The van der Waals surface area contributed by atoms with Crippen molar-refractivity contribution in [3.63, 3.8) is 0 Å². The Morgan fingerprint density at radius 2 is 1.79 bits per heavy atom. The molecule has 0 aromatic carbocycles. The van der Waals surface area contributed by atoms with E-state index < -0.39 is 24.9 Å². The SMILES string of the molecule is FC(F)(F)CN1C[C@@H]2C[C@H]1CN2.O=C(O)C(F)(F)F. The van der Waals surface area contributed by atoms with Crippen molar-refractivity contribution in [1.29, 1.82) is 0 Å². The standard InChI is InChI=1S/C7H11F3N2.C2HF3O2/c8-7(9,10)4-12-3-5-1-6(12)2-11-5;3-2(4,5)1(6)7/h5-6,11H,1-4H2;(H,6,7)/t5-,6-;/m0./s1. The summed E-state index contributed by atoms with van der Waals surface area (Å²) in [7, 11) is 0. The topological polar surface area (TPSA) is 52.6 Å². The highest BCUT2D eigenvalue weighted by atomic mass is 19.4. The Bertz CT molecular complexity index is 330. The quantitative estimate of drug-likeness (QED) is 0.714. The van der Waals surface area contributed by atoms with E-state index in [2.05, 4.69) is 5.32 Å². The van der Waals surface area contributed by atoms with Crippen LogP contribution in [-0.4, -0.2) is 60.0 Å². The average molecular weight is 294 g/mol. The Morgan fingerprint density at radius 1 is 1.26 bits per heavy atom. The van der Waals surface area contributed by atoms with Crippen LogP contribution in [0.2, 0.25) is 0 Å². The lowest BCUT2D eigenvalue weighted by molar-refractivity contribution is -0.192. The Morgan fingerprint density at radius 3 is 2.05 bits per heavy atom. The molecule has 0 spiro atoms. The van der Waals surface area contributed by atoms with Gasteiger partial charge in [0, 0.05) is 25.2 Å². The molecule has 0 aliphatic carbocycles. The van der Waals surface area contributed by atoms with E-state index in [4.69, 9.17) is 9.90 Å². The molecule has 2 atom stereocenters. The summed E-state index contributed by atoms with van der Waals surface area (Å²) in [6, 6.07) is 0.425. The van der Waals surface area contributed by atoms with E-state index >= 15 is 0 Å². The van der Waals surface area contributed by atoms with E-state index in [1.807, 2.05) is 0 Å². The van der Waals surface area contributed by atoms with E-state index in [1.54, 1.807) is 0 Å². The lowest BCUT2D eigenvalue weighted by atomic mass is 10.2. The van der Waals surface area contributed by atoms with E-state index in [-0.39, 0.29) is 6.04 Å². The first kappa shape index (κ1) is 16.0. The van der Waals surface area contributed by atoms with Crippen molar-refractivity contribution in [2.75, 3.05) is 19.6 Å². The Kier molecular flexibility index (Phi) is 4.67. The molecule has 0 aromatic heterocycles. The minimum Gasteiger partial charge on any atom is -0.475 e. The number of likely N-dealkylation sites (tertiary alicyclic amines) is 1. The third kappa shape index (κ3) is 5.23. The smallest absolute Gasteiger partial charge is 0.475 e. The summed E-state index contributed by atoms with van der Waals surface area (Å²) in [6.07, 6.45) is -8.24. The van der Waals surface area contributed by atoms with Crippen LogP contribution in [0, 0.1) is 0 Å². The predicted octanol–water partition coefficient (Wildman–Crippen LogP) is 1.23. The predicted molar refractivity (Wildman–Crippen MR) is 51.5 cm³/mol. The first-order valence-corrected chi connectivity index (χ1v) is 5.33. The van der Waals surface area contributed by atoms with E-state index in [0.29, 0.717) is 12.6 Å². The van der Waals surface area contributed by atoms with E-state index in [1.165, 1.54) is 4.90 Å². The molecule has 2 aliphatic rings. The highest BCUT2D eigenvalue weighted by molar-refractivity contribution is 5.73. The summed E-state index contributed by atoms with van der Waals surface area (Å²) in [6.45, 7) is 0.542. The molecule has 10 heteroatoms. The molecule has 2 N–H and O–H groups in total. The Labute approximate surface area is 104 Å². The molecule has 2 heterocycles. The summed E-state index contributed by atoms with van der Waals surface area (Å²) in [5.41, 5.74) is 0. The van der Waals surface area contributed by atoms with Crippen LogP contribution < -0.4 is 5.32 Å². The maximum atomic E-state index is 12.0. The van der Waals surface area contributed by atoms with Gasteiger partial charge < -0.3 is 10.4 Å². The number of fused-ring (bicyclic) bond motifs is 2. The third-order valence-corrected chi connectivity index (χ3v) is 2.79. The van der Waals surface area contributed by atoms with Crippen LogP contribution in [0.4, 0.5) is 26.3 Å². The summed E-state index contributed by atoms with van der Waals surface area (Å²) in [5.74, 6) is -2.76. The number of hydrogen-bond donors (Lipinski definition) is 2. The number of carboxylic acids is 1. The van der Waals surface area contributed by atoms with Gasteiger partial charge in [-0.15, -0.1) is 0 Å². The number of nitrogens with zero attached hydrogens (tertiary/aromatic N) is 1. The van der Waals surface area contributed by atoms with Crippen molar-refractivity contribution in [2.45, 2.75) is 30.9 Å². The zero-order valence-electron chi connectivity index (χ0n) is 9.55. The molecular formula is C9H12F6N2O2. The lowest BCUT2D eigenvalue weighted by Crippen LogP contribution is -2.47. The van der Waals surface area contributed by atoms with Gasteiger partial charge in [0.05, 0.1) is 6.54 Å². The molecule has 2 bridgehead atoms. The summed E-state index contributed by atoms with van der Waals surface area (Å²) in [4.78, 5) is 10.4. The van der Waals surface area contributed by atoms with Gasteiger partial charge in [-0.1, -0.05) is 0 Å². The van der Waals surface area contributed by atoms with Crippen molar-refractivity contribution in [3.8, 4) is 0 Å². The van der Waals surface area contributed by atoms with Gasteiger partial charge in [0.15, 0.2) is 0 Å². The zero-order valence-corrected chi connectivity index (χ0v) is 9.55. The number of alkyl halides is 6. The minimum absolute atomic E-state index is 0.122. The molecule has 2 saturated heterocycles. The van der Waals surface area contributed by atoms with Crippen LogP contribution in [0.1, 0.15) is 6.42 Å². The molecule has 0 saturated carbocycles. The van der Waals surface area contributed by atoms with Gasteiger partial charge in [-0.2, -0.15) is 26.3 Å². The normalized spacial score (nSPS) is 27.1. The maximum Gasteiger partial charge on any atom is 0.490 e. The number of aliphatic carboxylic acids is 1. The van der Waals surface area contributed by atoms with Crippen LogP contribution in [0.15, 0.2) is 0 Å². The molecule has 19 heavy (non-hydrogen) atoms.